The summed E-state index contributed by atoms with van der Waals surface area (Å²) in [6, 6.07) is 7.08. The van der Waals surface area contributed by atoms with E-state index in [0.29, 0.717) is 28.8 Å². The first-order valence-electron chi connectivity index (χ1n) is 7.96. The van der Waals surface area contributed by atoms with E-state index in [2.05, 4.69) is 26.1 Å². The van der Waals surface area contributed by atoms with Gasteiger partial charge in [0, 0.05) is 23.8 Å². The number of carbonyl (C=O) groups is 1. The fourth-order valence-electron chi connectivity index (χ4n) is 2.35. The molecule has 1 saturated heterocycles. The third-order valence-corrected chi connectivity index (χ3v) is 5.34. The molecule has 0 unspecified atom stereocenters. The highest BCUT2D eigenvalue weighted by Crippen LogP contribution is 2.26. The van der Waals surface area contributed by atoms with Gasteiger partial charge in [0.15, 0.2) is 10.2 Å². The van der Waals surface area contributed by atoms with Crippen LogP contribution in [0.15, 0.2) is 24.3 Å². The van der Waals surface area contributed by atoms with E-state index in [4.69, 9.17) is 28.6 Å². The molecule has 1 aliphatic heterocycles. The number of hydrogen-bond donors (Lipinski definition) is 3. The highest BCUT2D eigenvalue weighted by atomic mass is 35.5. The van der Waals surface area contributed by atoms with Gasteiger partial charge in [0.2, 0.25) is 0 Å². The summed E-state index contributed by atoms with van der Waals surface area (Å²) in [4.78, 5) is 19.6. The first-order chi connectivity index (χ1) is 12.5. The monoisotopic (exact) mass is 411 g/mol. The molecular weight excluding hydrogens is 394 g/mol. The van der Waals surface area contributed by atoms with E-state index in [0.717, 1.165) is 23.9 Å². The molecule has 2 heterocycles. The molecule has 1 aromatic heterocycles. The SMILES string of the molecule is Cc1nc(N2CCOCC2)sc1C(=O)NNC(=S)Nc1ccc(Cl)cc1. The summed E-state index contributed by atoms with van der Waals surface area (Å²) >= 11 is 12.4. The molecule has 0 spiro atoms. The molecule has 7 nitrogen and oxygen atoms in total. The summed E-state index contributed by atoms with van der Waals surface area (Å²) in [7, 11) is 0. The molecule has 26 heavy (non-hydrogen) atoms. The van der Waals surface area contributed by atoms with Crippen LogP contribution in [0.1, 0.15) is 15.4 Å². The maximum atomic E-state index is 12.4. The standard InChI is InChI=1S/C16H18ClN5O2S2/c1-10-13(26-16(18-10)22-6-8-24-9-7-22)14(23)20-21-15(25)19-12-4-2-11(17)3-5-12/h2-5H,6-9H2,1H3,(H,20,23)(H2,19,21,25). The number of halogens is 1. The Balaban J connectivity index is 1.55. The molecule has 10 heteroatoms. The van der Waals surface area contributed by atoms with Crippen LogP contribution in [0.4, 0.5) is 10.8 Å². The molecule has 0 radical (unpaired) electrons. The van der Waals surface area contributed by atoms with Gasteiger partial charge in [0.25, 0.3) is 5.91 Å². The van der Waals surface area contributed by atoms with Gasteiger partial charge in [-0.05, 0) is 43.4 Å². The van der Waals surface area contributed by atoms with Crippen LogP contribution in [0.25, 0.3) is 0 Å². The molecular formula is C16H18ClN5O2S2. The van der Waals surface area contributed by atoms with E-state index < -0.39 is 0 Å². The quantitative estimate of drug-likeness (QED) is 0.529. The Kier molecular flexibility index (Phi) is 6.25. The Bertz CT molecular complexity index is 790. The average Bonchev–Trinajstić information content (AvgIpc) is 3.04. The number of hydrogen-bond acceptors (Lipinski definition) is 6. The summed E-state index contributed by atoms with van der Waals surface area (Å²) in [6.07, 6.45) is 0. The molecule has 0 aliphatic carbocycles. The normalized spacial score (nSPS) is 14.0. The molecule has 3 N–H and O–H groups in total. The topological polar surface area (TPSA) is 78.5 Å². The Hall–Kier alpha value is -1.94. The second-order valence-electron chi connectivity index (χ2n) is 5.55. The minimum absolute atomic E-state index is 0.274. The van der Waals surface area contributed by atoms with Gasteiger partial charge in [-0.1, -0.05) is 22.9 Å². The van der Waals surface area contributed by atoms with Gasteiger partial charge in [0.1, 0.15) is 4.88 Å². The lowest BCUT2D eigenvalue weighted by molar-refractivity contribution is 0.0947. The summed E-state index contributed by atoms with van der Waals surface area (Å²) in [5.74, 6) is -0.278. The van der Waals surface area contributed by atoms with Crippen LogP contribution < -0.4 is 21.1 Å². The molecule has 138 valence electrons. The van der Waals surface area contributed by atoms with E-state index in [-0.39, 0.29) is 11.0 Å². The van der Waals surface area contributed by atoms with E-state index >= 15 is 0 Å². The maximum Gasteiger partial charge on any atom is 0.281 e. The van der Waals surface area contributed by atoms with Crippen molar-refractivity contribution in [1.29, 1.82) is 0 Å². The van der Waals surface area contributed by atoms with Gasteiger partial charge in [-0.3, -0.25) is 15.6 Å². The van der Waals surface area contributed by atoms with Crippen molar-refractivity contribution in [3.63, 3.8) is 0 Å². The second kappa shape index (κ2) is 8.63. The maximum absolute atomic E-state index is 12.4. The zero-order valence-electron chi connectivity index (χ0n) is 14.0. The smallest absolute Gasteiger partial charge is 0.281 e. The molecule has 1 aliphatic rings. The van der Waals surface area contributed by atoms with Crippen molar-refractivity contribution in [1.82, 2.24) is 15.8 Å². The number of carbonyl (C=O) groups excluding carboxylic acids is 1. The zero-order chi connectivity index (χ0) is 18.5. The molecule has 3 rings (SSSR count). The number of thiazole rings is 1. The predicted molar refractivity (Wildman–Crippen MR) is 108 cm³/mol. The molecule has 1 aromatic carbocycles. The molecule has 0 bridgehead atoms. The number of thiocarbonyl (C=S) groups is 1. The van der Waals surface area contributed by atoms with Crippen LogP contribution >= 0.6 is 35.2 Å². The molecule has 1 fully saturated rings. The van der Waals surface area contributed by atoms with Crippen molar-refractivity contribution in [2.75, 3.05) is 36.5 Å². The largest absolute Gasteiger partial charge is 0.378 e. The number of benzene rings is 1. The zero-order valence-corrected chi connectivity index (χ0v) is 16.4. The minimum Gasteiger partial charge on any atom is -0.378 e. The van der Waals surface area contributed by atoms with Gasteiger partial charge >= 0.3 is 0 Å². The van der Waals surface area contributed by atoms with Crippen LogP contribution in [-0.2, 0) is 4.74 Å². The summed E-state index contributed by atoms with van der Waals surface area (Å²) < 4.78 is 5.34. The molecule has 0 saturated carbocycles. The van der Waals surface area contributed by atoms with E-state index in [1.807, 2.05) is 6.92 Å². The van der Waals surface area contributed by atoms with Crippen LogP contribution in [0.3, 0.4) is 0 Å². The second-order valence-corrected chi connectivity index (χ2v) is 7.37. The summed E-state index contributed by atoms with van der Waals surface area (Å²) in [5.41, 5.74) is 6.74. The highest BCUT2D eigenvalue weighted by molar-refractivity contribution is 7.80. The summed E-state index contributed by atoms with van der Waals surface area (Å²) in [6.45, 7) is 4.72. The molecule has 2 aromatic rings. The van der Waals surface area contributed by atoms with Crippen molar-refractivity contribution in [2.24, 2.45) is 0 Å². The Labute approximate surface area is 165 Å². The lowest BCUT2D eigenvalue weighted by Gasteiger charge is -2.25. The first-order valence-corrected chi connectivity index (χ1v) is 9.56. The van der Waals surface area contributed by atoms with Gasteiger partial charge in [-0.25, -0.2) is 4.98 Å². The van der Waals surface area contributed by atoms with E-state index in [1.165, 1.54) is 11.3 Å². The van der Waals surface area contributed by atoms with Crippen molar-refractivity contribution >= 4 is 57.0 Å². The van der Waals surface area contributed by atoms with Gasteiger partial charge in [-0.2, -0.15) is 0 Å². The average molecular weight is 412 g/mol. The van der Waals surface area contributed by atoms with Gasteiger partial charge in [0.05, 0.1) is 18.9 Å². The van der Waals surface area contributed by atoms with Crippen LogP contribution in [-0.4, -0.2) is 42.3 Å². The van der Waals surface area contributed by atoms with Crippen LogP contribution in [0.5, 0.6) is 0 Å². The number of morpholine rings is 1. The van der Waals surface area contributed by atoms with Crippen molar-refractivity contribution in [3.8, 4) is 0 Å². The number of nitrogens with one attached hydrogen (secondary N) is 3. The number of aryl methyl sites for hydroxylation is 1. The first kappa shape index (κ1) is 18.8. The number of rotatable bonds is 3. The Morgan fingerprint density at radius 1 is 1.27 bits per heavy atom. The lowest BCUT2D eigenvalue weighted by atomic mass is 10.3. The molecule has 0 atom stereocenters. The predicted octanol–water partition coefficient (Wildman–Crippen LogP) is 2.57. The van der Waals surface area contributed by atoms with Crippen LogP contribution in [0, 0.1) is 6.92 Å². The highest BCUT2D eigenvalue weighted by Gasteiger charge is 2.20. The van der Waals surface area contributed by atoms with Crippen LogP contribution in [0.2, 0.25) is 5.02 Å². The van der Waals surface area contributed by atoms with Crippen molar-refractivity contribution in [3.05, 3.63) is 39.9 Å². The Morgan fingerprint density at radius 2 is 1.96 bits per heavy atom. The third kappa shape index (κ3) is 4.82. The number of ether oxygens (including phenoxy) is 1. The van der Waals surface area contributed by atoms with Gasteiger partial charge < -0.3 is 15.0 Å². The number of aromatic nitrogens is 1. The van der Waals surface area contributed by atoms with Crippen molar-refractivity contribution < 1.29 is 9.53 Å². The lowest BCUT2D eigenvalue weighted by Crippen LogP contribution is -2.43. The van der Waals surface area contributed by atoms with E-state index in [9.17, 15) is 4.79 Å². The fraction of sp³-hybridized carbons (Fsp3) is 0.312. The number of nitrogens with zero attached hydrogens (tertiary/aromatic N) is 2. The number of anilines is 2. The number of amides is 1. The van der Waals surface area contributed by atoms with Gasteiger partial charge in [-0.15, -0.1) is 0 Å². The fourth-order valence-corrected chi connectivity index (χ4v) is 3.66. The van der Waals surface area contributed by atoms with E-state index in [1.54, 1.807) is 24.3 Å². The number of hydrazine groups is 1. The third-order valence-electron chi connectivity index (χ3n) is 3.66. The summed E-state index contributed by atoms with van der Waals surface area (Å²) in [5, 5.41) is 4.70. The Morgan fingerprint density at radius 3 is 2.65 bits per heavy atom. The van der Waals surface area contributed by atoms with Crippen molar-refractivity contribution in [2.45, 2.75) is 6.92 Å². The molecule has 1 amide bonds. The minimum atomic E-state index is -0.278.